The average Bonchev–Trinajstić information content (AvgIpc) is 3.30. The first-order chi connectivity index (χ1) is 14.6. The van der Waals surface area contributed by atoms with E-state index in [-0.39, 0.29) is 17.6 Å². The zero-order valence-electron chi connectivity index (χ0n) is 17.2. The third kappa shape index (κ3) is 6.00. The van der Waals surface area contributed by atoms with Gasteiger partial charge in [-0.2, -0.15) is 11.8 Å². The topological polar surface area (TPSA) is 71.3 Å². The molecule has 2 N–H and O–H groups in total. The van der Waals surface area contributed by atoms with Crippen molar-refractivity contribution in [1.29, 1.82) is 0 Å². The van der Waals surface area contributed by atoms with Crippen LogP contribution in [0.3, 0.4) is 0 Å². The minimum Gasteiger partial charge on any atom is -0.459 e. The van der Waals surface area contributed by atoms with Crippen molar-refractivity contribution in [1.82, 2.24) is 10.6 Å². The van der Waals surface area contributed by atoms with Gasteiger partial charge in [-0.15, -0.1) is 0 Å². The summed E-state index contributed by atoms with van der Waals surface area (Å²) in [6.45, 7) is 2.48. The molecule has 0 bridgehead atoms. The van der Waals surface area contributed by atoms with Gasteiger partial charge < -0.3 is 15.1 Å². The van der Waals surface area contributed by atoms with Crippen LogP contribution < -0.4 is 10.6 Å². The number of rotatable bonds is 9. The van der Waals surface area contributed by atoms with Crippen molar-refractivity contribution in [3.05, 3.63) is 83.8 Å². The largest absolute Gasteiger partial charge is 0.459 e. The molecule has 2 aromatic carbocycles. The first-order valence-electron chi connectivity index (χ1n) is 9.84. The molecule has 6 heteroatoms. The van der Waals surface area contributed by atoms with Crippen molar-refractivity contribution in [2.24, 2.45) is 0 Å². The van der Waals surface area contributed by atoms with E-state index in [2.05, 4.69) is 47.9 Å². The van der Waals surface area contributed by atoms with Crippen LogP contribution in [0.15, 0.2) is 71.3 Å². The van der Waals surface area contributed by atoms with Gasteiger partial charge in [0, 0.05) is 6.54 Å². The minimum absolute atomic E-state index is 0.198. The number of carbonyl (C=O) groups is 2. The summed E-state index contributed by atoms with van der Waals surface area (Å²) in [6.07, 6.45) is 3.96. The third-order valence-corrected chi connectivity index (χ3v) is 5.39. The van der Waals surface area contributed by atoms with Crippen molar-refractivity contribution in [3.8, 4) is 11.1 Å². The van der Waals surface area contributed by atoms with Crippen LogP contribution in [0.2, 0.25) is 0 Å². The Bertz CT molecular complexity index is 968. The van der Waals surface area contributed by atoms with Gasteiger partial charge >= 0.3 is 0 Å². The molecule has 0 fully saturated rings. The monoisotopic (exact) mass is 422 g/mol. The number of hydrogen-bond donors (Lipinski definition) is 2. The van der Waals surface area contributed by atoms with Crippen LogP contribution in [0.1, 0.15) is 28.1 Å². The lowest BCUT2D eigenvalue weighted by atomic mass is 10.0. The molecule has 1 heterocycles. The molecular formula is C24H26N2O3S. The lowest BCUT2D eigenvalue weighted by molar-refractivity contribution is -0.123. The SMILES string of the molecule is CSCCC(NC(=O)c1ccco1)C(=O)NCc1ccc(-c2cccc(C)c2)cc1. The molecule has 0 aliphatic carbocycles. The van der Waals surface area contributed by atoms with Crippen molar-refractivity contribution in [2.45, 2.75) is 25.9 Å². The predicted octanol–water partition coefficient (Wildman–Crippen LogP) is 4.42. The summed E-state index contributed by atoms with van der Waals surface area (Å²) in [5.41, 5.74) is 4.53. The van der Waals surface area contributed by atoms with E-state index in [0.29, 0.717) is 13.0 Å². The Hall–Kier alpha value is -2.99. The molecule has 1 aromatic heterocycles. The second-order valence-corrected chi connectivity index (χ2v) is 8.05. The molecule has 3 aromatic rings. The molecule has 0 radical (unpaired) electrons. The Balaban J connectivity index is 1.59. The molecule has 0 saturated heterocycles. The van der Waals surface area contributed by atoms with Crippen molar-refractivity contribution < 1.29 is 14.0 Å². The van der Waals surface area contributed by atoms with Gasteiger partial charge in [0.05, 0.1) is 6.26 Å². The highest BCUT2D eigenvalue weighted by Crippen LogP contribution is 2.20. The number of hydrogen-bond acceptors (Lipinski definition) is 4. The normalized spacial score (nSPS) is 11.7. The number of benzene rings is 2. The molecule has 156 valence electrons. The molecule has 0 aliphatic heterocycles. The number of furan rings is 1. The first kappa shape index (κ1) is 21.7. The Labute approximate surface area is 181 Å². The van der Waals surface area contributed by atoms with E-state index in [4.69, 9.17) is 4.42 Å². The Morgan fingerprint density at radius 1 is 1.03 bits per heavy atom. The lowest BCUT2D eigenvalue weighted by Gasteiger charge is -2.17. The van der Waals surface area contributed by atoms with Crippen LogP contribution in [0.5, 0.6) is 0 Å². The van der Waals surface area contributed by atoms with E-state index in [0.717, 1.165) is 16.9 Å². The highest BCUT2D eigenvalue weighted by atomic mass is 32.2. The van der Waals surface area contributed by atoms with Crippen LogP contribution in [0.25, 0.3) is 11.1 Å². The fourth-order valence-corrected chi connectivity index (χ4v) is 3.57. The molecule has 2 amide bonds. The summed E-state index contributed by atoms with van der Waals surface area (Å²) in [5.74, 6) is 0.376. The maximum absolute atomic E-state index is 12.7. The summed E-state index contributed by atoms with van der Waals surface area (Å²) < 4.78 is 5.12. The van der Waals surface area contributed by atoms with Crippen molar-refractivity contribution in [2.75, 3.05) is 12.0 Å². The zero-order valence-corrected chi connectivity index (χ0v) is 18.0. The average molecular weight is 423 g/mol. The van der Waals surface area contributed by atoms with Gasteiger partial charge in [0.1, 0.15) is 6.04 Å². The van der Waals surface area contributed by atoms with E-state index in [1.54, 1.807) is 23.9 Å². The van der Waals surface area contributed by atoms with E-state index < -0.39 is 6.04 Å². The van der Waals surface area contributed by atoms with Gasteiger partial charge in [-0.3, -0.25) is 9.59 Å². The van der Waals surface area contributed by atoms with Crippen LogP contribution in [-0.4, -0.2) is 29.9 Å². The lowest BCUT2D eigenvalue weighted by Crippen LogP contribution is -2.46. The standard InChI is InChI=1S/C24H26N2O3S/c1-17-5-3-6-20(15-17)19-10-8-18(9-11-19)16-25-23(27)21(12-14-30-2)26-24(28)22-7-4-13-29-22/h3-11,13,15,21H,12,14,16H2,1-2H3,(H,25,27)(H,26,28). The summed E-state index contributed by atoms with van der Waals surface area (Å²) in [5, 5.41) is 5.70. The van der Waals surface area contributed by atoms with Gasteiger partial charge in [-0.25, -0.2) is 0 Å². The Morgan fingerprint density at radius 3 is 2.50 bits per heavy atom. The molecule has 3 rings (SSSR count). The first-order valence-corrected chi connectivity index (χ1v) is 11.2. The van der Waals surface area contributed by atoms with Crippen LogP contribution >= 0.6 is 11.8 Å². The van der Waals surface area contributed by atoms with Gasteiger partial charge in [-0.05, 0) is 54.2 Å². The number of carbonyl (C=O) groups excluding carboxylic acids is 2. The molecule has 0 aliphatic rings. The van der Waals surface area contributed by atoms with E-state index in [1.165, 1.54) is 17.4 Å². The molecule has 1 unspecified atom stereocenters. The highest BCUT2D eigenvalue weighted by molar-refractivity contribution is 7.98. The van der Waals surface area contributed by atoms with Gasteiger partial charge in [0.15, 0.2) is 5.76 Å². The Kier molecular flexibility index (Phi) is 7.74. The van der Waals surface area contributed by atoms with Crippen LogP contribution in [-0.2, 0) is 11.3 Å². The van der Waals surface area contributed by atoms with Crippen LogP contribution in [0.4, 0.5) is 0 Å². The molecule has 30 heavy (non-hydrogen) atoms. The third-order valence-electron chi connectivity index (χ3n) is 4.75. The second kappa shape index (κ2) is 10.7. The fourth-order valence-electron chi connectivity index (χ4n) is 3.09. The summed E-state index contributed by atoms with van der Waals surface area (Å²) in [4.78, 5) is 25.0. The quantitative estimate of drug-likeness (QED) is 0.535. The predicted molar refractivity (Wildman–Crippen MR) is 121 cm³/mol. The fraction of sp³-hybridized carbons (Fsp3) is 0.250. The van der Waals surface area contributed by atoms with Gasteiger partial charge in [0.25, 0.3) is 5.91 Å². The number of thioether (sulfide) groups is 1. The van der Waals surface area contributed by atoms with Crippen molar-refractivity contribution >= 4 is 23.6 Å². The minimum atomic E-state index is -0.610. The van der Waals surface area contributed by atoms with E-state index >= 15 is 0 Å². The summed E-state index contributed by atoms with van der Waals surface area (Å²) in [7, 11) is 0. The molecule has 0 spiro atoms. The van der Waals surface area contributed by atoms with E-state index in [9.17, 15) is 9.59 Å². The molecule has 5 nitrogen and oxygen atoms in total. The summed E-state index contributed by atoms with van der Waals surface area (Å²) in [6, 6.07) is 19.1. The summed E-state index contributed by atoms with van der Waals surface area (Å²) >= 11 is 1.63. The Morgan fingerprint density at radius 2 is 1.83 bits per heavy atom. The number of aryl methyl sites for hydroxylation is 1. The van der Waals surface area contributed by atoms with Crippen molar-refractivity contribution in [3.63, 3.8) is 0 Å². The molecular weight excluding hydrogens is 396 g/mol. The van der Waals surface area contributed by atoms with E-state index in [1.807, 2.05) is 24.5 Å². The smallest absolute Gasteiger partial charge is 0.287 e. The number of amides is 2. The maximum Gasteiger partial charge on any atom is 0.287 e. The molecule has 1 atom stereocenters. The number of nitrogens with one attached hydrogen (secondary N) is 2. The highest BCUT2D eigenvalue weighted by Gasteiger charge is 2.22. The van der Waals surface area contributed by atoms with Gasteiger partial charge in [-0.1, -0.05) is 54.1 Å². The maximum atomic E-state index is 12.7. The zero-order chi connectivity index (χ0) is 21.3. The van der Waals surface area contributed by atoms with Gasteiger partial charge in [0.2, 0.25) is 5.91 Å². The van der Waals surface area contributed by atoms with Crippen LogP contribution in [0, 0.1) is 6.92 Å². The molecule has 0 saturated carbocycles. The second-order valence-electron chi connectivity index (χ2n) is 7.07.